The zero-order valence-electron chi connectivity index (χ0n) is 9.34. The zero-order chi connectivity index (χ0) is 11.7. The Kier molecular flexibility index (Phi) is 3.19. The fourth-order valence-corrected chi connectivity index (χ4v) is 1.91. The molecule has 0 aromatic heterocycles. The van der Waals surface area contributed by atoms with E-state index in [0.29, 0.717) is 11.6 Å². The summed E-state index contributed by atoms with van der Waals surface area (Å²) in [5, 5.41) is 3.38. The molecule has 86 valence electrons. The van der Waals surface area contributed by atoms with Crippen LogP contribution in [-0.2, 0) is 4.74 Å². The van der Waals surface area contributed by atoms with Crippen molar-refractivity contribution in [3.63, 3.8) is 0 Å². The van der Waals surface area contributed by atoms with Gasteiger partial charge in [0.25, 0.3) is 0 Å². The molecule has 3 nitrogen and oxygen atoms in total. The Bertz CT molecular complexity index is 427. The molecule has 0 saturated heterocycles. The van der Waals surface area contributed by atoms with Crippen LogP contribution in [0, 0.1) is 6.92 Å². The fraction of sp³-hybridized carbons (Fsp3) is 0.417. The quantitative estimate of drug-likeness (QED) is 0.867. The highest BCUT2D eigenvalue weighted by Gasteiger charge is 2.25. The first kappa shape index (κ1) is 11.5. The number of halogens is 1. The van der Waals surface area contributed by atoms with Gasteiger partial charge < -0.3 is 10.1 Å². The molecule has 1 fully saturated rings. The molecule has 1 aliphatic rings. The van der Waals surface area contributed by atoms with E-state index in [9.17, 15) is 4.79 Å². The van der Waals surface area contributed by atoms with E-state index in [0.717, 1.165) is 15.7 Å². The molecule has 0 aliphatic heterocycles. The van der Waals surface area contributed by atoms with E-state index < -0.39 is 0 Å². The predicted molar refractivity (Wildman–Crippen MR) is 66.9 cm³/mol. The highest BCUT2D eigenvalue weighted by molar-refractivity contribution is 9.10. The zero-order valence-corrected chi connectivity index (χ0v) is 10.9. The number of carbonyl (C=O) groups excluding carboxylic acids is 1. The van der Waals surface area contributed by atoms with Crippen LogP contribution >= 0.6 is 15.9 Å². The van der Waals surface area contributed by atoms with Crippen molar-refractivity contribution in [3.8, 4) is 0 Å². The summed E-state index contributed by atoms with van der Waals surface area (Å²) in [6.07, 6.45) is 2.35. The molecule has 1 saturated carbocycles. The minimum Gasteiger partial charge on any atom is -0.465 e. The molecule has 4 heteroatoms. The SMILES string of the molecule is COC(=O)c1ccc(Br)c(C)c1NC1CC1. The first-order valence-corrected chi connectivity index (χ1v) is 6.06. The minimum atomic E-state index is -0.293. The van der Waals surface area contributed by atoms with Gasteiger partial charge >= 0.3 is 5.97 Å². The summed E-state index contributed by atoms with van der Waals surface area (Å²) in [5.74, 6) is -0.293. The van der Waals surface area contributed by atoms with Crippen LogP contribution < -0.4 is 5.32 Å². The van der Waals surface area contributed by atoms with Crippen molar-refractivity contribution in [1.82, 2.24) is 0 Å². The second kappa shape index (κ2) is 4.45. The third-order valence-electron chi connectivity index (χ3n) is 2.73. The third kappa shape index (κ3) is 2.21. The van der Waals surface area contributed by atoms with Gasteiger partial charge in [-0.15, -0.1) is 0 Å². The molecule has 0 amide bonds. The summed E-state index contributed by atoms with van der Waals surface area (Å²) < 4.78 is 5.78. The topological polar surface area (TPSA) is 38.3 Å². The molecule has 0 spiro atoms. The number of hydrogen-bond donors (Lipinski definition) is 1. The number of esters is 1. The molecule has 1 aromatic carbocycles. The minimum absolute atomic E-state index is 0.293. The number of benzene rings is 1. The molecule has 1 N–H and O–H groups in total. The van der Waals surface area contributed by atoms with Gasteiger partial charge in [0, 0.05) is 10.5 Å². The van der Waals surface area contributed by atoms with Gasteiger partial charge in [0.15, 0.2) is 0 Å². The normalized spacial score (nSPS) is 14.7. The maximum absolute atomic E-state index is 11.6. The van der Waals surface area contributed by atoms with Gasteiger partial charge in [-0.1, -0.05) is 15.9 Å². The van der Waals surface area contributed by atoms with E-state index in [1.165, 1.54) is 20.0 Å². The van der Waals surface area contributed by atoms with Gasteiger partial charge in [0.2, 0.25) is 0 Å². The summed E-state index contributed by atoms with van der Waals surface area (Å²) in [6, 6.07) is 4.17. The smallest absolute Gasteiger partial charge is 0.339 e. The second-order valence-corrected chi connectivity index (χ2v) is 4.86. The number of carbonyl (C=O) groups is 1. The van der Waals surface area contributed by atoms with Crippen molar-refractivity contribution < 1.29 is 9.53 Å². The van der Waals surface area contributed by atoms with E-state index >= 15 is 0 Å². The van der Waals surface area contributed by atoms with Gasteiger partial charge in [-0.2, -0.15) is 0 Å². The molecular weight excluding hydrogens is 270 g/mol. The Morgan fingerprint density at radius 1 is 1.50 bits per heavy atom. The van der Waals surface area contributed by atoms with Crippen LogP contribution in [0.4, 0.5) is 5.69 Å². The molecular formula is C12H14BrNO2. The van der Waals surface area contributed by atoms with E-state index in [2.05, 4.69) is 21.2 Å². The first-order chi connectivity index (χ1) is 7.63. The molecule has 0 heterocycles. The number of ether oxygens (including phenoxy) is 1. The monoisotopic (exact) mass is 283 g/mol. The van der Waals surface area contributed by atoms with E-state index in [-0.39, 0.29) is 5.97 Å². The molecule has 0 unspecified atom stereocenters. The van der Waals surface area contributed by atoms with Crippen molar-refractivity contribution in [1.29, 1.82) is 0 Å². The van der Waals surface area contributed by atoms with E-state index in [1.54, 1.807) is 6.07 Å². The highest BCUT2D eigenvalue weighted by atomic mass is 79.9. The average Bonchev–Trinajstić information content (AvgIpc) is 3.08. The van der Waals surface area contributed by atoms with Gasteiger partial charge in [-0.25, -0.2) is 4.79 Å². The fourth-order valence-electron chi connectivity index (χ4n) is 1.58. The third-order valence-corrected chi connectivity index (χ3v) is 3.59. The van der Waals surface area contributed by atoms with Crippen molar-refractivity contribution in [2.45, 2.75) is 25.8 Å². The van der Waals surface area contributed by atoms with Crippen LogP contribution in [0.25, 0.3) is 0 Å². The highest BCUT2D eigenvalue weighted by Crippen LogP contribution is 2.33. The number of nitrogens with one attached hydrogen (secondary N) is 1. The summed E-state index contributed by atoms with van der Waals surface area (Å²) in [7, 11) is 1.40. The van der Waals surface area contributed by atoms with Gasteiger partial charge in [-0.3, -0.25) is 0 Å². The van der Waals surface area contributed by atoms with Crippen molar-refractivity contribution in [2.75, 3.05) is 12.4 Å². The second-order valence-electron chi connectivity index (χ2n) is 4.01. The maximum Gasteiger partial charge on any atom is 0.339 e. The lowest BCUT2D eigenvalue weighted by molar-refractivity contribution is 0.0601. The van der Waals surface area contributed by atoms with E-state index in [1.807, 2.05) is 13.0 Å². The van der Waals surface area contributed by atoms with Crippen molar-refractivity contribution in [2.24, 2.45) is 0 Å². The summed E-state index contributed by atoms with van der Waals surface area (Å²) in [5.41, 5.74) is 2.55. The molecule has 0 bridgehead atoms. The van der Waals surface area contributed by atoms with Crippen molar-refractivity contribution >= 4 is 27.6 Å². The number of methoxy groups -OCH3 is 1. The lowest BCUT2D eigenvalue weighted by atomic mass is 10.1. The van der Waals surface area contributed by atoms with Crippen LogP contribution in [-0.4, -0.2) is 19.1 Å². The Hall–Kier alpha value is -1.03. The average molecular weight is 284 g/mol. The maximum atomic E-state index is 11.6. The van der Waals surface area contributed by atoms with Crippen LogP contribution in [0.3, 0.4) is 0 Å². The Morgan fingerprint density at radius 2 is 2.19 bits per heavy atom. The summed E-state index contributed by atoms with van der Waals surface area (Å²) in [4.78, 5) is 11.6. The molecule has 0 radical (unpaired) electrons. The number of rotatable bonds is 3. The van der Waals surface area contributed by atoms with Crippen molar-refractivity contribution in [3.05, 3.63) is 27.7 Å². The van der Waals surface area contributed by atoms with Gasteiger partial charge in [-0.05, 0) is 37.5 Å². The molecule has 0 atom stereocenters. The van der Waals surface area contributed by atoms with Gasteiger partial charge in [0.1, 0.15) is 0 Å². The van der Waals surface area contributed by atoms with E-state index in [4.69, 9.17) is 4.74 Å². The first-order valence-electron chi connectivity index (χ1n) is 5.27. The van der Waals surface area contributed by atoms with Crippen LogP contribution in [0.1, 0.15) is 28.8 Å². The van der Waals surface area contributed by atoms with Crippen LogP contribution in [0.15, 0.2) is 16.6 Å². The van der Waals surface area contributed by atoms with Crippen LogP contribution in [0.2, 0.25) is 0 Å². The number of anilines is 1. The van der Waals surface area contributed by atoms with Crippen LogP contribution in [0.5, 0.6) is 0 Å². The molecule has 2 rings (SSSR count). The molecule has 16 heavy (non-hydrogen) atoms. The standard InChI is InChI=1S/C12H14BrNO2/c1-7-10(13)6-5-9(12(15)16-2)11(7)14-8-3-4-8/h5-6,8,14H,3-4H2,1-2H3. The van der Waals surface area contributed by atoms with Gasteiger partial charge in [0.05, 0.1) is 18.4 Å². The lowest BCUT2D eigenvalue weighted by Crippen LogP contribution is -2.11. The number of hydrogen-bond acceptors (Lipinski definition) is 3. The predicted octanol–water partition coefficient (Wildman–Crippen LogP) is 3.12. The Morgan fingerprint density at radius 3 is 2.75 bits per heavy atom. The summed E-state index contributed by atoms with van der Waals surface area (Å²) >= 11 is 3.47. The Labute approximate surface area is 103 Å². The Balaban J connectivity index is 2.41. The largest absolute Gasteiger partial charge is 0.465 e. The lowest BCUT2D eigenvalue weighted by Gasteiger charge is -2.14. The molecule has 1 aliphatic carbocycles. The summed E-state index contributed by atoms with van der Waals surface area (Å²) in [6.45, 7) is 1.99. The molecule has 1 aromatic rings.